The van der Waals surface area contributed by atoms with E-state index in [1.165, 1.54) is 16.2 Å². The van der Waals surface area contributed by atoms with Crippen molar-refractivity contribution in [3.05, 3.63) is 45.4 Å². The number of rotatable bonds is 4. The van der Waals surface area contributed by atoms with E-state index in [0.717, 1.165) is 22.8 Å². The number of nitrogens with two attached hydrogens (primary N) is 1. The summed E-state index contributed by atoms with van der Waals surface area (Å²) in [5, 5.41) is 2.78. The molecule has 0 aliphatic rings. The summed E-state index contributed by atoms with van der Waals surface area (Å²) >= 11 is 6.22. The molecule has 1 heterocycles. The lowest BCUT2D eigenvalue weighted by Crippen LogP contribution is -2.20. The molecule has 2 rings (SSSR count). The van der Waals surface area contributed by atoms with E-state index in [9.17, 15) is 8.78 Å². The zero-order valence-electron chi connectivity index (χ0n) is 11.0. The number of nitrogens with zero attached hydrogens (tertiary/aromatic N) is 2. The zero-order chi connectivity index (χ0) is 14.9. The van der Waals surface area contributed by atoms with Gasteiger partial charge in [-0.05, 0) is 19.1 Å². The maximum atomic E-state index is 14.0. The monoisotopic (exact) mass is 313 g/mol. The summed E-state index contributed by atoms with van der Waals surface area (Å²) in [6.07, 6.45) is 0. The summed E-state index contributed by atoms with van der Waals surface area (Å²) in [5.74, 6) is -1.38. The van der Waals surface area contributed by atoms with Gasteiger partial charge in [-0.3, -0.25) is 0 Å². The van der Waals surface area contributed by atoms with E-state index >= 15 is 0 Å². The second-order valence-corrected chi connectivity index (χ2v) is 5.87. The highest BCUT2D eigenvalue weighted by Crippen LogP contribution is 2.25. The molecule has 2 aromatic rings. The van der Waals surface area contributed by atoms with Gasteiger partial charge in [-0.15, -0.1) is 11.3 Å². The van der Waals surface area contributed by atoms with Gasteiger partial charge in [0.05, 0.1) is 17.2 Å². The molecule has 0 aliphatic carbocycles. The van der Waals surface area contributed by atoms with Gasteiger partial charge in [-0.1, -0.05) is 12.2 Å². The number of hydrogen-bond donors (Lipinski definition) is 1. The molecule has 2 N–H and O–H groups in total. The van der Waals surface area contributed by atoms with Crippen LogP contribution >= 0.6 is 23.6 Å². The number of anilines is 1. The summed E-state index contributed by atoms with van der Waals surface area (Å²) in [7, 11) is 1.61. The number of benzene rings is 1. The SMILES string of the molecule is Cc1nc(CN(C)c2c(F)cc(C(N)=S)cc2F)cs1. The van der Waals surface area contributed by atoms with Crippen molar-refractivity contribution in [3.63, 3.8) is 0 Å². The summed E-state index contributed by atoms with van der Waals surface area (Å²) in [4.78, 5) is 5.71. The Labute approximate surface area is 125 Å². The van der Waals surface area contributed by atoms with Gasteiger partial charge in [0.2, 0.25) is 0 Å². The predicted molar refractivity (Wildman–Crippen MR) is 81.2 cm³/mol. The van der Waals surface area contributed by atoms with Crippen LogP contribution in [0.2, 0.25) is 0 Å². The Morgan fingerprint density at radius 2 is 2.00 bits per heavy atom. The maximum absolute atomic E-state index is 14.0. The zero-order valence-corrected chi connectivity index (χ0v) is 12.6. The molecule has 0 fully saturated rings. The minimum atomic E-state index is -0.692. The summed E-state index contributed by atoms with van der Waals surface area (Å²) < 4.78 is 28.0. The third kappa shape index (κ3) is 3.10. The van der Waals surface area contributed by atoms with Crippen LogP contribution in [0.25, 0.3) is 0 Å². The van der Waals surface area contributed by atoms with Crippen LogP contribution in [0.3, 0.4) is 0 Å². The number of aromatic nitrogens is 1. The van der Waals surface area contributed by atoms with Crippen LogP contribution in [0.4, 0.5) is 14.5 Å². The van der Waals surface area contributed by atoms with E-state index in [1.807, 2.05) is 12.3 Å². The summed E-state index contributed by atoms with van der Waals surface area (Å²) in [6, 6.07) is 2.28. The highest BCUT2D eigenvalue weighted by atomic mass is 32.1. The fraction of sp³-hybridized carbons (Fsp3) is 0.231. The van der Waals surface area contributed by atoms with Gasteiger partial charge in [0, 0.05) is 18.0 Å². The van der Waals surface area contributed by atoms with E-state index in [0.29, 0.717) is 6.54 Å². The van der Waals surface area contributed by atoms with Crippen LogP contribution in [0.1, 0.15) is 16.3 Å². The number of thiazole rings is 1. The average Bonchev–Trinajstić information content (AvgIpc) is 2.73. The van der Waals surface area contributed by atoms with Crippen LogP contribution in [0, 0.1) is 18.6 Å². The van der Waals surface area contributed by atoms with Crippen LogP contribution in [0.15, 0.2) is 17.5 Å². The van der Waals surface area contributed by atoms with Gasteiger partial charge in [-0.2, -0.15) is 0 Å². The molecule has 0 saturated carbocycles. The Balaban J connectivity index is 2.30. The molecule has 1 aromatic heterocycles. The largest absolute Gasteiger partial charge is 0.389 e. The minimum Gasteiger partial charge on any atom is -0.389 e. The molecule has 20 heavy (non-hydrogen) atoms. The van der Waals surface area contributed by atoms with Crippen molar-refractivity contribution < 1.29 is 8.78 Å². The molecule has 0 atom stereocenters. The topological polar surface area (TPSA) is 42.2 Å². The molecule has 0 radical (unpaired) electrons. The van der Waals surface area contributed by atoms with Crippen LogP contribution in [-0.2, 0) is 6.54 Å². The first-order valence-corrected chi connectivity index (χ1v) is 7.08. The Kier molecular flexibility index (Phi) is 4.29. The van der Waals surface area contributed by atoms with E-state index in [2.05, 4.69) is 4.98 Å². The van der Waals surface area contributed by atoms with Crippen molar-refractivity contribution >= 4 is 34.2 Å². The molecular weight excluding hydrogens is 300 g/mol. The van der Waals surface area contributed by atoms with Crippen LogP contribution in [-0.4, -0.2) is 17.0 Å². The van der Waals surface area contributed by atoms with E-state index < -0.39 is 11.6 Å². The fourth-order valence-electron chi connectivity index (χ4n) is 1.88. The normalized spacial score (nSPS) is 10.6. The Morgan fingerprint density at radius 3 is 2.45 bits per heavy atom. The lowest BCUT2D eigenvalue weighted by atomic mass is 10.1. The van der Waals surface area contributed by atoms with Crippen LogP contribution in [0.5, 0.6) is 0 Å². The van der Waals surface area contributed by atoms with Gasteiger partial charge in [0.25, 0.3) is 0 Å². The molecule has 0 saturated heterocycles. The third-order valence-electron chi connectivity index (χ3n) is 2.75. The number of halogens is 2. The van der Waals surface area contributed by atoms with Crippen molar-refractivity contribution in [2.75, 3.05) is 11.9 Å². The summed E-state index contributed by atoms with van der Waals surface area (Å²) in [6.45, 7) is 2.21. The highest BCUT2D eigenvalue weighted by molar-refractivity contribution is 7.80. The van der Waals surface area contributed by atoms with Gasteiger partial charge >= 0.3 is 0 Å². The highest BCUT2D eigenvalue weighted by Gasteiger charge is 2.17. The molecule has 0 amide bonds. The molecule has 0 unspecified atom stereocenters. The van der Waals surface area contributed by atoms with Crippen LogP contribution < -0.4 is 10.6 Å². The molecule has 0 aliphatic heterocycles. The van der Waals surface area contributed by atoms with Crippen molar-refractivity contribution in [1.29, 1.82) is 0 Å². The Hall–Kier alpha value is -1.60. The molecule has 7 heteroatoms. The standard InChI is InChI=1S/C13H13F2N3S2/c1-7-17-9(6-20-7)5-18(2)12-10(14)3-8(13(16)19)4-11(12)15/h3-4,6H,5H2,1-2H3,(H2,16,19). The van der Waals surface area contributed by atoms with Crippen molar-refractivity contribution in [1.82, 2.24) is 4.98 Å². The predicted octanol–water partition coefficient (Wildman–Crippen LogP) is 3.00. The Morgan fingerprint density at radius 1 is 1.40 bits per heavy atom. The molecule has 106 valence electrons. The molecule has 3 nitrogen and oxygen atoms in total. The van der Waals surface area contributed by atoms with Gasteiger partial charge in [0.1, 0.15) is 22.3 Å². The van der Waals surface area contributed by atoms with Crippen molar-refractivity contribution in [2.45, 2.75) is 13.5 Å². The van der Waals surface area contributed by atoms with Gasteiger partial charge in [-0.25, -0.2) is 13.8 Å². The van der Waals surface area contributed by atoms with Gasteiger partial charge < -0.3 is 10.6 Å². The Bertz CT molecular complexity index is 632. The maximum Gasteiger partial charge on any atom is 0.150 e. The van der Waals surface area contributed by atoms with E-state index in [1.54, 1.807) is 7.05 Å². The lowest BCUT2D eigenvalue weighted by Gasteiger charge is -2.20. The molecule has 0 bridgehead atoms. The smallest absolute Gasteiger partial charge is 0.150 e. The first-order valence-electron chi connectivity index (χ1n) is 5.79. The number of hydrogen-bond acceptors (Lipinski definition) is 4. The average molecular weight is 313 g/mol. The number of aryl methyl sites for hydroxylation is 1. The lowest BCUT2D eigenvalue weighted by molar-refractivity contribution is 0.575. The van der Waals surface area contributed by atoms with Crippen molar-refractivity contribution in [3.8, 4) is 0 Å². The van der Waals surface area contributed by atoms with Gasteiger partial charge in [0.15, 0.2) is 0 Å². The summed E-state index contributed by atoms with van der Waals surface area (Å²) in [5.41, 5.74) is 6.21. The molecular formula is C13H13F2N3S2. The van der Waals surface area contributed by atoms with Crippen molar-refractivity contribution in [2.24, 2.45) is 5.73 Å². The first-order chi connectivity index (χ1) is 9.38. The van der Waals surface area contributed by atoms with E-state index in [-0.39, 0.29) is 16.2 Å². The quantitative estimate of drug-likeness (QED) is 0.881. The second-order valence-electron chi connectivity index (χ2n) is 4.37. The third-order valence-corrected chi connectivity index (χ3v) is 3.81. The number of thiocarbonyl (C=S) groups is 1. The minimum absolute atomic E-state index is 0.0351. The molecule has 1 aromatic carbocycles. The second kappa shape index (κ2) is 5.80. The fourth-order valence-corrected chi connectivity index (χ4v) is 2.60. The first kappa shape index (κ1) is 14.8. The van der Waals surface area contributed by atoms with E-state index in [4.69, 9.17) is 18.0 Å². The molecule has 0 spiro atoms.